The van der Waals surface area contributed by atoms with Gasteiger partial charge >= 0.3 is 5.97 Å². The van der Waals surface area contributed by atoms with Gasteiger partial charge in [0.2, 0.25) is 0 Å². The van der Waals surface area contributed by atoms with Crippen molar-refractivity contribution in [3.05, 3.63) is 0 Å². The van der Waals surface area contributed by atoms with Crippen LogP contribution >= 0.6 is 0 Å². The molecule has 0 bridgehead atoms. The Hall–Kier alpha value is -0.660. The quantitative estimate of drug-likeness (QED) is 0.351. The normalized spacial score (nSPS) is 14.3. The van der Waals surface area contributed by atoms with Gasteiger partial charge in [-0.1, -0.05) is 13.8 Å². The van der Waals surface area contributed by atoms with E-state index in [4.69, 9.17) is 9.29 Å². The minimum Gasteiger partial charge on any atom is -0.459 e. The second-order valence-corrected chi connectivity index (χ2v) is 8.43. The van der Waals surface area contributed by atoms with E-state index in [-0.39, 0.29) is 29.7 Å². The Labute approximate surface area is 141 Å². The molecule has 0 saturated carbocycles. The Morgan fingerprint density at radius 2 is 1.61 bits per heavy atom. The van der Waals surface area contributed by atoms with Crippen LogP contribution in [-0.2, 0) is 19.6 Å². The van der Waals surface area contributed by atoms with E-state index >= 15 is 0 Å². The number of hydrogen-bond donors (Lipinski definition) is 1. The van der Waals surface area contributed by atoms with Crippen LogP contribution in [0.5, 0.6) is 0 Å². The zero-order chi connectivity index (χ0) is 18.3. The Morgan fingerprint density at radius 3 is 2.00 bits per heavy atom. The molecule has 138 valence electrons. The first-order chi connectivity index (χ1) is 10.5. The molecule has 0 aromatic rings. The van der Waals surface area contributed by atoms with Gasteiger partial charge in [-0.2, -0.15) is 8.42 Å². The summed E-state index contributed by atoms with van der Waals surface area (Å²) in [4.78, 5) is 11.8. The topological polar surface area (TPSA) is 80.7 Å². The first-order valence-electron chi connectivity index (χ1n) is 8.44. The van der Waals surface area contributed by atoms with E-state index in [1.807, 2.05) is 13.8 Å². The number of hydrogen-bond acceptors (Lipinski definition) is 4. The van der Waals surface area contributed by atoms with E-state index in [0.29, 0.717) is 30.6 Å². The molecule has 0 aliphatic heterocycles. The van der Waals surface area contributed by atoms with Crippen molar-refractivity contribution in [2.24, 2.45) is 5.92 Å². The smallest absolute Gasteiger partial charge is 0.308 e. The van der Waals surface area contributed by atoms with Crippen molar-refractivity contribution in [3.8, 4) is 0 Å². The average molecular weight is 353 g/mol. The Balaban J connectivity index is 4.83. The zero-order valence-electron chi connectivity index (χ0n) is 15.4. The molecule has 0 aliphatic rings. The molecule has 1 atom stereocenters. The van der Waals surface area contributed by atoms with E-state index in [0.717, 1.165) is 6.42 Å². The van der Waals surface area contributed by atoms with Crippen molar-refractivity contribution in [3.63, 3.8) is 0 Å². The van der Waals surface area contributed by atoms with Crippen molar-refractivity contribution in [2.75, 3.05) is 25.4 Å². The molecule has 0 spiro atoms. The maximum absolute atomic E-state index is 11.8. The summed E-state index contributed by atoms with van der Waals surface area (Å²) in [6, 6.07) is 0.525. The minimum atomic E-state index is -3.94. The molecule has 0 amide bonds. The Kier molecular flexibility index (Phi) is 9.32. The third-order valence-electron chi connectivity index (χ3n) is 4.80. The Morgan fingerprint density at radius 1 is 1.09 bits per heavy atom. The summed E-state index contributed by atoms with van der Waals surface area (Å²) in [5, 5.41) is 0. The molecule has 0 fully saturated rings. The van der Waals surface area contributed by atoms with Crippen LogP contribution < -0.4 is 0 Å². The predicted molar refractivity (Wildman–Crippen MR) is 91.7 cm³/mol. The van der Waals surface area contributed by atoms with Crippen molar-refractivity contribution in [2.45, 2.75) is 66.5 Å². The van der Waals surface area contributed by atoms with Crippen LogP contribution in [0.25, 0.3) is 0 Å². The second-order valence-electron chi connectivity index (χ2n) is 6.85. The molecule has 23 heavy (non-hydrogen) atoms. The van der Waals surface area contributed by atoms with Crippen LogP contribution in [0.1, 0.15) is 54.4 Å². The van der Waals surface area contributed by atoms with Gasteiger partial charge in [-0.25, -0.2) is 0 Å². The highest BCUT2D eigenvalue weighted by molar-refractivity contribution is 7.85. The Bertz CT molecular complexity index is 451. The van der Waals surface area contributed by atoms with Gasteiger partial charge in [-0.05, 0) is 34.1 Å². The predicted octanol–water partition coefficient (Wildman–Crippen LogP) is 2.49. The van der Waals surface area contributed by atoms with Gasteiger partial charge in [0.1, 0.15) is 13.2 Å². The second kappa shape index (κ2) is 9.59. The number of carbonyl (C=O) groups is 1. The lowest BCUT2D eigenvalue weighted by atomic mass is 10.1. The van der Waals surface area contributed by atoms with E-state index in [1.54, 1.807) is 0 Å². The standard InChI is InChI=1S/C16H33NO5S/c1-7-15(6)16(18)22-11-10-17(13(2)3,14(4)5)9-8-12-23(19,20)21/h13-15H,7-12H2,1-6H3/p+1. The van der Waals surface area contributed by atoms with Gasteiger partial charge in [0.25, 0.3) is 10.1 Å². The van der Waals surface area contributed by atoms with Gasteiger partial charge in [-0.3, -0.25) is 9.35 Å². The highest BCUT2D eigenvalue weighted by atomic mass is 32.2. The summed E-state index contributed by atoms with van der Waals surface area (Å²) >= 11 is 0. The molecule has 1 unspecified atom stereocenters. The summed E-state index contributed by atoms with van der Waals surface area (Å²) in [6.07, 6.45) is 1.13. The van der Waals surface area contributed by atoms with E-state index in [9.17, 15) is 13.2 Å². The summed E-state index contributed by atoms with van der Waals surface area (Å²) < 4.78 is 36.9. The lowest BCUT2D eigenvalue weighted by molar-refractivity contribution is -0.966. The lowest BCUT2D eigenvalue weighted by Crippen LogP contribution is -2.60. The highest BCUT2D eigenvalue weighted by Crippen LogP contribution is 2.21. The summed E-state index contributed by atoms with van der Waals surface area (Å²) in [5.74, 6) is -0.524. The molecule has 0 aromatic carbocycles. The fourth-order valence-electron chi connectivity index (χ4n) is 2.91. The SMILES string of the molecule is CCC(C)C(=O)OCC[N+](CCCS(=O)(=O)O)(C(C)C)C(C)C. The fourth-order valence-corrected chi connectivity index (χ4v) is 3.40. The van der Waals surface area contributed by atoms with Crippen molar-refractivity contribution in [1.82, 2.24) is 0 Å². The van der Waals surface area contributed by atoms with Crippen LogP contribution in [0, 0.1) is 5.92 Å². The molecular weight excluding hydrogens is 318 g/mol. The number of quaternary nitrogens is 1. The number of rotatable bonds is 11. The van der Waals surface area contributed by atoms with Crippen LogP contribution in [0.3, 0.4) is 0 Å². The maximum atomic E-state index is 11.8. The van der Waals surface area contributed by atoms with Crippen LogP contribution in [0.4, 0.5) is 0 Å². The van der Waals surface area contributed by atoms with Crippen molar-refractivity contribution in [1.29, 1.82) is 0 Å². The van der Waals surface area contributed by atoms with Crippen molar-refractivity contribution < 1.29 is 27.0 Å². The molecule has 0 radical (unpaired) electrons. The third-order valence-corrected chi connectivity index (χ3v) is 5.60. The van der Waals surface area contributed by atoms with Gasteiger partial charge in [0.05, 0.1) is 30.3 Å². The van der Waals surface area contributed by atoms with Gasteiger partial charge in [0.15, 0.2) is 0 Å². The van der Waals surface area contributed by atoms with Gasteiger partial charge in [-0.15, -0.1) is 0 Å². The summed E-state index contributed by atoms with van der Waals surface area (Å²) in [6.45, 7) is 13.7. The highest BCUT2D eigenvalue weighted by Gasteiger charge is 2.35. The van der Waals surface area contributed by atoms with Crippen LogP contribution in [-0.4, -0.2) is 61.0 Å². The fraction of sp³-hybridized carbons (Fsp3) is 0.938. The van der Waals surface area contributed by atoms with Crippen LogP contribution in [0.2, 0.25) is 0 Å². The van der Waals surface area contributed by atoms with Crippen molar-refractivity contribution >= 4 is 16.1 Å². The zero-order valence-corrected chi connectivity index (χ0v) is 16.2. The molecule has 6 nitrogen and oxygen atoms in total. The number of esters is 1. The maximum Gasteiger partial charge on any atom is 0.308 e. The first-order valence-corrected chi connectivity index (χ1v) is 10.1. The molecule has 0 heterocycles. The van der Waals surface area contributed by atoms with Gasteiger partial charge < -0.3 is 9.22 Å². The molecular formula is C16H34NO5S+. The molecule has 0 saturated heterocycles. The number of carbonyl (C=O) groups excluding carboxylic acids is 1. The average Bonchev–Trinajstić information content (AvgIpc) is 2.42. The molecule has 0 aromatic heterocycles. The largest absolute Gasteiger partial charge is 0.459 e. The van der Waals surface area contributed by atoms with Gasteiger partial charge in [0, 0.05) is 6.42 Å². The number of ether oxygens (including phenoxy) is 1. The third kappa shape index (κ3) is 7.63. The minimum absolute atomic E-state index is 0.102. The molecule has 0 rings (SSSR count). The van der Waals surface area contributed by atoms with E-state index in [1.165, 1.54) is 0 Å². The monoisotopic (exact) mass is 352 g/mol. The summed E-state index contributed by atoms with van der Waals surface area (Å²) in [5.41, 5.74) is 0. The van der Waals surface area contributed by atoms with E-state index < -0.39 is 10.1 Å². The molecule has 7 heteroatoms. The van der Waals surface area contributed by atoms with E-state index in [2.05, 4.69) is 27.7 Å². The number of nitrogens with zero attached hydrogens (tertiary/aromatic N) is 1. The first kappa shape index (κ1) is 22.3. The molecule has 1 N–H and O–H groups in total. The summed E-state index contributed by atoms with van der Waals surface area (Å²) in [7, 11) is -3.94. The lowest BCUT2D eigenvalue weighted by Gasteiger charge is -2.46. The van der Waals surface area contributed by atoms with Crippen LogP contribution in [0.15, 0.2) is 0 Å². The molecule has 0 aliphatic carbocycles.